The Hall–Kier alpha value is -2.36. The highest BCUT2D eigenvalue weighted by Gasteiger charge is 2.01. The van der Waals surface area contributed by atoms with E-state index in [0.29, 0.717) is 6.61 Å². The van der Waals surface area contributed by atoms with Crippen LogP contribution >= 0.6 is 0 Å². The minimum Gasteiger partial charge on any atom is -0.493 e. The van der Waals surface area contributed by atoms with E-state index in [1.807, 2.05) is 54.0 Å². The third-order valence-corrected chi connectivity index (χ3v) is 2.90. The summed E-state index contributed by atoms with van der Waals surface area (Å²) in [5, 5.41) is 4.30. The number of benzene rings is 1. The Bertz CT molecular complexity index is 676. The Morgan fingerprint density at radius 3 is 2.79 bits per heavy atom. The molecule has 0 saturated heterocycles. The van der Waals surface area contributed by atoms with Gasteiger partial charge in [-0.1, -0.05) is 24.3 Å². The maximum absolute atomic E-state index is 5.68. The summed E-state index contributed by atoms with van der Waals surface area (Å²) >= 11 is 0. The topological polar surface area (TPSA) is 39.4 Å². The number of aromatic nitrogens is 3. The molecule has 3 rings (SSSR count). The maximum atomic E-state index is 5.68. The first-order chi connectivity index (χ1) is 9.31. The Labute approximate surface area is 111 Å². The molecule has 0 radical (unpaired) electrons. The Morgan fingerprint density at radius 1 is 1.11 bits per heavy atom. The number of hydrogen-bond acceptors (Lipinski definition) is 3. The van der Waals surface area contributed by atoms with Crippen molar-refractivity contribution < 1.29 is 4.74 Å². The van der Waals surface area contributed by atoms with Crippen LogP contribution in [-0.4, -0.2) is 21.2 Å². The predicted octanol–water partition coefficient (Wildman–Crippen LogP) is 2.66. The second-order valence-corrected chi connectivity index (χ2v) is 4.41. The third-order valence-electron chi connectivity index (χ3n) is 2.90. The largest absolute Gasteiger partial charge is 0.493 e. The van der Waals surface area contributed by atoms with E-state index in [-0.39, 0.29) is 0 Å². The van der Waals surface area contributed by atoms with Crippen LogP contribution in [0.2, 0.25) is 0 Å². The quantitative estimate of drug-likeness (QED) is 0.717. The molecule has 0 fully saturated rings. The fraction of sp³-hybridized carbons (Fsp3) is 0.200. The number of hydrogen-bond donors (Lipinski definition) is 0. The minimum atomic E-state index is 0.656. The zero-order valence-electron chi connectivity index (χ0n) is 10.8. The zero-order valence-corrected chi connectivity index (χ0v) is 10.8. The van der Waals surface area contributed by atoms with Crippen molar-refractivity contribution in [3.63, 3.8) is 0 Å². The van der Waals surface area contributed by atoms with Crippen molar-refractivity contribution >= 4 is 5.65 Å². The van der Waals surface area contributed by atoms with Crippen molar-refractivity contribution in [1.82, 2.24) is 14.6 Å². The van der Waals surface area contributed by atoms with E-state index < -0.39 is 0 Å². The lowest BCUT2D eigenvalue weighted by Gasteiger charge is -2.05. The first kappa shape index (κ1) is 11.7. The van der Waals surface area contributed by atoms with Crippen LogP contribution < -0.4 is 4.74 Å². The molecule has 2 aromatic heterocycles. The van der Waals surface area contributed by atoms with Gasteiger partial charge in [-0.2, -0.15) is 5.10 Å². The van der Waals surface area contributed by atoms with Crippen molar-refractivity contribution in [2.24, 2.45) is 0 Å². The van der Waals surface area contributed by atoms with Crippen LogP contribution in [0.15, 0.2) is 48.7 Å². The second-order valence-electron chi connectivity index (χ2n) is 4.41. The fourth-order valence-corrected chi connectivity index (χ4v) is 1.99. The van der Waals surface area contributed by atoms with Crippen LogP contribution in [0.5, 0.6) is 5.75 Å². The lowest BCUT2D eigenvalue weighted by atomic mass is 10.2. The van der Waals surface area contributed by atoms with Gasteiger partial charge in [0.05, 0.1) is 6.61 Å². The smallest absolute Gasteiger partial charge is 0.155 e. The van der Waals surface area contributed by atoms with Crippen molar-refractivity contribution in [3.8, 4) is 5.75 Å². The molecule has 2 heterocycles. The second kappa shape index (κ2) is 5.10. The van der Waals surface area contributed by atoms with Crippen molar-refractivity contribution in [3.05, 3.63) is 60.0 Å². The third kappa shape index (κ3) is 2.73. The molecule has 0 aliphatic heterocycles. The van der Waals surface area contributed by atoms with Crippen LogP contribution in [0.3, 0.4) is 0 Å². The van der Waals surface area contributed by atoms with E-state index in [1.165, 1.54) is 5.56 Å². The lowest BCUT2D eigenvalue weighted by Crippen LogP contribution is -2.02. The number of ether oxygens (including phenoxy) is 1. The zero-order chi connectivity index (χ0) is 13.1. The number of pyridine rings is 1. The normalized spacial score (nSPS) is 10.8. The van der Waals surface area contributed by atoms with Crippen LogP contribution in [0.25, 0.3) is 5.65 Å². The summed E-state index contributed by atoms with van der Waals surface area (Å²) in [7, 11) is 0. The van der Waals surface area contributed by atoms with Crippen LogP contribution in [0.4, 0.5) is 0 Å². The number of para-hydroxylation sites is 1. The van der Waals surface area contributed by atoms with Gasteiger partial charge in [-0.25, -0.2) is 9.50 Å². The summed E-state index contributed by atoms with van der Waals surface area (Å²) in [6.07, 6.45) is 2.85. The van der Waals surface area contributed by atoms with E-state index in [0.717, 1.165) is 23.6 Å². The average Bonchev–Trinajstić information content (AvgIpc) is 2.79. The van der Waals surface area contributed by atoms with Crippen molar-refractivity contribution in [1.29, 1.82) is 0 Å². The Balaban J connectivity index is 1.65. The summed E-state index contributed by atoms with van der Waals surface area (Å²) < 4.78 is 7.49. The van der Waals surface area contributed by atoms with E-state index in [1.54, 1.807) is 0 Å². The summed E-state index contributed by atoms with van der Waals surface area (Å²) in [6, 6.07) is 13.9. The number of aryl methyl sites for hydroxylation is 1. The van der Waals surface area contributed by atoms with Gasteiger partial charge in [-0.05, 0) is 30.7 Å². The standard InChI is InChI=1S/C15H15N3O/c1-12-16-15-8-7-13(11-18(15)17-12)9-10-19-14-5-3-2-4-6-14/h2-8,11H,9-10H2,1H3. The van der Waals surface area contributed by atoms with Crippen LogP contribution in [0, 0.1) is 6.92 Å². The minimum absolute atomic E-state index is 0.656. The summed E-state index contributed by atoms with van der Waals surface area (Å²) in [4.78, 5) is 4.30. The summed E-state index contributed by atoms with van der Waals surface area (Å²) in [5.41, 5.74) is 2.07. The Kier molecular flexibility index (Phi) is 3.14. The molecule has 0 amide bonds. The van der Waals surface area contributed by atoms with Gasteiger partial charge in [0, 0.05) is 12.6 Å². The first-order valence-electron chi connectivity index (χ1n) is 6.31. The predicted molar refractivity (Wildman–Crippen MR) is 73.4 cm³/mol. The highest BCUT2D eigenvalue weighted by molar-refractivity contribution is 5.38. The molecule has 0 spiro atoms. The molecule has 0 aliphatic rings. The van der Waals surface area contributed by atoms with Gasteiger partial charge in [-0.15, -0.1) is 0 Å². The monoisotopic (exact) mass is 253 g/mol. The molecule has 19 heavy (non-hydrogen) atoms. The average molecular weight is 253 g/mol. The van der Waals surface area contributed by atoms with E-state index in [4.69, 9.17) is 4.74 Å². The molecule has 0 unspecified atom stereocenters. The fourth-order valence-electron chi connectivity index (χ4n) is 1.99. The molecular formula is C15H15N3O. The Morgan fingerprint density at radius 2 is 1.95 bits per heavy atom. The van der Waals surface area contributed by atoms with Gasteiger partial charge in [0.1, 0.15) is 11.6 Å². The molecule has 4 heteroatoms. The van der Waals surface area contributed by atoms with Crippen LogP contribution in [0.1, 0.15) is 11.4 Å². The van der Waals surface area contributed by atoms with E-state index in [9.17, 15) is 0 Å². The van der Waals surface area contributed by atoms with Gasteiger partial charge in [0.2, 0.25) is 0 Å². The molecule has 0 saturated carbocycles. The molecule has 0 aliphatic carbocycles. The van der Waals surface area contributed by atoms with Gasteiger partial charge in [0.15, 0.2) is 5.65 Å². The van der Waals surface area contributed by atoms with Crippen molar-refractivity contribution in [2.75, 3.05) is 6.61 Å². The highest BCUT2D eigenvalue weighted by atomic mass is 16.5. The molecule has 0 atom stereocenters. The van der Waals surface area contributed by atoms with Crippen LogP contribution in [-0.2, 0) is 6.42 Å². The van der Waals surface area contributed by atoms with E-state index >= 15 is 0 Å². The van der Waals surface area contributed by atoms with Gasteiger partial charge >= 0.3 is 0 Å². The maximum Gasteiger partial charge on any atom is 0.155 e. The highest BCUT2D eigenvalue weighted by Crippen LogP contribution is 2.10. The summed E-state index contributed by atoms with van der Waals surface area (Å²) in [5.74, 6) is 1.69. The van der Waals surface area contributed by atoms with Gasteiger partial charge < -0.3 is 4.74 Å². The van der Waals surface area contributed by atoms with E-state index in [2.05, 4.69) is 16.1 Å². The number of rotatable bonds is 4. The first-order valence-corrected chi connectivity index (χ1v) is 6.31. The molecule has 4 nitrogen and oxygen atoms in total. The summed E-state index contributed by atoms with van der Waals surface area (Å²) in [6.45, 7) is 2.55. The molecule has 1 aromatic carbocycles. The van der Waals surface area contributed by atoms with Gasteiger partial charge in [0.25, 0.3) is 0 Å². The number of nitrogens with zero attached hydrogens (tertiary/aromatic N) is 3. The molecular weight excluding hydrogens is 238 g/mol. The molecule has 3 aromatic rings. The molecule has 0 N–H and O–H groups in total. The SMILES string of the molecule is Cc1nc2ccc(CCOc3ccccc3)cn2n1. The number of fused-ring (bicyclic) bond motifs is 1. The van der Waals surface area contributed by atoms with Crippen molar-refractivity contribution in [2.45, 2.75) is 13.3 Å². The molecule has 0 bridgehead atoms. The lowest BCUT2D eigenvalue weighted by molar-refractivity contribution is 0.322. The van der Waals surface area contributed by atoms with Gasteiger partial charge in [-0.3, -0.25) is 0 Å². The molecule has 96 valence electrons.